The van der Waals surface area contributed by atoms with Crippen LogP contribution in [0.5, 0.6) is 0 Å². The average Bonchev–Trinajstić information content (AvgIpc) is 2.85. The zero-order chi connectivity index (χ0) is 20.9. The highest BCUT2D eigenvalue weighted by atomic mass is 19.4. The Bertz CT molecular complexity index is 1120. The first kappa shape index (κ1) is 19.5. The van der Waals surface area contributed by atoms with Gasteiger partial charge < -0.3 is 5.73 Å². The minimum Gasteiger partial charge on any atom is -0.351 e. The molecule has 2 N–H and O–H groups in total. The molecule has 1 aromatic carbocycles. The number of nitrogens with zero attached hydrogens (tertiary/aromatic N) is 5. The van der Waals surface area contributed by atoms with E-state index in [1.54, 1.807) is 21.1 Å². The summed E-state index contributed by atoms with van der Waals surface area (Å²) < 4.78 is 40.7. The SMILES string of the molecule is C[N+](C)(C)n1c(=O)n(C(N)=O)c2nc(Cc3cccc(C(F)(F)F)c3)ncc21. The highest BCUT2D eigenvalue weighted by molar-refractivity contribution is 5.86. The number of hydrogen-bond donors (Lipinski definition) is 1. The minimum atomic E-state index is -4.46. The summed E-state index contributed by atoms with van der Waals surface area (Å²) in [5.41, 5.74) is 4.49. The Morgan fingerprint density at radius 3 is 2.50 bits per heavy atom. The zero-order valence-corrected chi connectivity index (χ0v) is 15.4. The van der Waals surface area contributed by atoms with Gasteiger partial charge in [0, 0.05) is 6.42 Å². The molecule has 28 heavy (non-hydrogen) atoms. The molecule has 148 valence electrons. The molecule has 0 saturated carbocycles. The highest BCUT2D eigenvalue weighted by Crippen LogP contribution is 2.29. The number of rotatable bonds is 3. The number of amides is 1. The van der Waals surface area contributed by atoms with Gasteiger partial charge in [0.1, 0.15) is 5.82 Å². The predicted octanol–water partition coefficient (Wildman–Crippen LogP) is 1.46. The molecule has 0 saturated heterocycles. The standard InChI is InChI=1S/C17H17F3N6O2/c1-26(2,3)25-12-9-22-13(23-14(12)24(15(21)27)16(25)28)8-10-5-4-6-11(7-10)17(18,19)20/h4-7,9H,8H2,1-3H3,(H-,21,27)/p+1. The topological polar surface area (TPSA) is 95.8 Å². The number of hydrogen-bond acceptors (Lipinski definition) is 4. The van der Waals surface area contributed by atoms with E-state index in [9.17, 15) is 22.8 Å². The van der Waals surface area contributed by atoms with Gasteiger partial charge in [-0.25, -0.2) is 24.1 Å². The van der Waals surface area contributed by atoms with Gasteiger partial charge in [-0.3, -0.25) is 0 Å². The van der Waals surface area contributed by atoms with Gasteiger partial charge in [-0.15, -0.1) is 4.68 Å². The third-order valence-corrected chi connectivity index (χ3v) is 4.05. The lowest BCUT2D eigenvalue weighted by molar-refractivity contribution is -0.137. The molecule has 0 bridgehead atoms. The molecule has 0 atom stereocenters. The summed E-state index contributed by atoms with van der Waals surface area (Å²) in [5.74, 6) is 0.153. The second-order valence-corrected chi connectivity index (χ2v) is 7.08. The number of carbonyl (C=O) groups is 1. The average molecular weight is 395 g/mol. The van der Waals surface area contributed by atoms with Crippen LogP contribution in [0.2, 0.25) is 0 Å². The molecule has 3 rings (SSSR count). The van der Waals surface area contributed by atoms with E-state index in [2.05, 4.69) is 9.97 Å². The van der Waals surface area contributed by atoms with Crippen LogP contribution >= 0.6 is 0 Å². The largest absolute Gasteiger partial charge is 0.416 e. The molecule has 0 aliphatic carbocycles. The number of halogens is 3. The van der Waals surface area contributed by atoms with Crippen LogP contribution in [0, 0.1) is 0 Å². The molecular formula is C17H18F3N6O2+. The lowest BCUT2D eigenvalue weighted by atomic mass is 10.1. The van der Waals surface area contributed by atoms with Crippen molar-refractivity contribution in [1.82, 2.24) is 23.8 Å². The number of primary amides is 1. The van der Waals surface area contributed by atoms with Crippen molar-refractivity contribution < 1.29 is 18.0 Å². The summed E-state index contributed by atoms with van der Waals surface area (Å²) in [4.78, 5) is 32.8. The third kappa shape index (κ3) is 3.48. The van der Waals surface area contributed by atoms with Gasteiger partial charge >= 0.3 is 17.9 Å². The van der Waals surface area contributed by atoms with E-state index in [0.717, 1.165) is 16.7 Å². The Labute approximate surface area is 157 Å². The van der Waals surface area contributed by atoms with Gasteiger partial charge in [-0.2, -0.15) is 17.7 Å². The van der Waals surface area contributed by atoms with Gasteiger partial charge in [0.2, 0.25) is 0 Å². The van der Waals surface area contributed by atoms with E-state index in [1.165, 1.54) is 23.0 Å². The summed E-state index contributed by atoms with van der Waals surface area (Å²) in [6.07, 6.45) is -3.12. The molecule has 0 unspecified atom stereocenters. The number of benzene rings is 1. The zero-order valence-electron chi connectivity index (χ0n) is 15.4. The number of quaternary nitrogens is 1. The summed E-state index contributed by atoms with van der Waals surface area (Å²) in [5, 5.41) is 0. The van der Waals surface area contributed by atoms with Crippen molar-refractivity contribution in [2.45, 2.75) is 12.6 Å². The quantitative estimate of drug-likeness (QED) is 0.679. The second kappa shape index (κ2) is 6.44. The minimum absolute atomic E-state index is 0.00234. The maximum absolute atomic E-state index is 12.9. The predicted molar refractivity (Wildman–Crippen MR) is 96.3 cm³/mol. The van der Waals surface area contributed by atoms with Crippen molar-refractivity contribution in [3.05, 3.63) is 57.9 Å². The van der Waals surface area contributed by atoms with E-state index < -0.39 is 23.5 Å². The van der Waals surface area contributed by atoms with Crippen LogP contribution in [0.1, 0.15) is 17.0 Å². The molecule has 0 spiro atoms. The summed E-state index contributed by atoms with van der Waals surface area (Å²) >= 11 is 0. The van der Waals surface area contributed by atoms with Gasteiger partial charge in [-0.1, -0.05) is 18.2 Å². The second-order valence-electron chi connectivity index (χ2n) is 7.08. The lowest BCUT2D eigenvalue weighted by Gasteiger charge is -2.23. The van der Waals surface area contributed by atoms with Crippen LogP contribution in [-0.2, 0) is 12.6 Å². The fourth-order valence-electron chi connectivity index (χ4n) is 2.91. The molecule has 0 aliphatic heterocycles. The number of fused-ring (bicyclic) bond motifs is 1. The van der Waals surface area contributed by atoms with Crippen molar-refractivity contribution in [3.8, 4) is 0 Å². The maximum Gasteiger partial charge on any atom is 0.416 e. The first-order valence-electron chi connectivity index (χ1n) is 8.17. The molecule has 0 fully saturated rings. The van der Waals surface area contributed by atoms with Crippen molar-refractivity contribution in [1.29, 1.82) is 0 Å². The summed E-state index contributed by atoms with van der Waals surface area (Å²) in [6.45, 7) is 0. The summed E-state index contributed by atoms with van der Waals surface area (Å²) in [7, 11) is 5.13. The van der Waals surface area contributed by atoms with Crippen LogP contribution in [-0.4, -0.2) is 46.4 Å². The van der Waals surface area contributed by atoms with E-state index >= 15 is 0 Å². The van der Waals surface area contributed by atoms with Gasteiger partial charge in [0.25, 0.3) is 0 Å². The van der Waals surface area contributed by atoms with Crippen LogP contribution in [0.4, 0.5) is 18.0 Å². The monoisotopic (exact) mass is 395 g/mol. The maximum atomic E-state index is 12.9. The Kier molecular flexibility index (Phi) is 4.50. The van der Waals surface area contributed by atoms with E-state index in [1.807, 2.05) is 0 Å². The van der Waals surface area contributed by atoms with Gasteiger partial charge in [0.05, 0.1) is 32.9 Å². The van der Waals surface area contributed by atoms with E-state index in [-0.39, 0.29) is 28.0 Å². The third-order valence-electron chi connectivity index (χ3n) is 4.05. The van der Waals surface area contributed by atoms with Crippen LogP contribution in [0.15, 0.2) is 35.3 Å². The normalized spacial score (nSPS) is 12.5. The fraction of sp³-hybridized carbons (Fsp3) is 0.294. The number of nitrogens with two attached hydrogens (primary N) is 1. The van der Waals surface area contributed by atoms with E-state index in [4.69, 9.17) is 5.73 Å². The molecule has 0 radical (unpaired) electrons. The Morgan fingerprint density at radius 2 is 1.93 bits per heavy atom. The molecular weight excluding hydrogens is 377 g/mol. The first-order chi connectivity index (χ1) is 12.9. The molecule has 2 aromatic heterocycles. The van der Waals surface area contributed by atoms with Crippen LogP contribution in [0.25, 0.3) is 11.2 Å². The molecule has 2 heterocycles. The smallest absolute Gasteiger partial charge is 0.351 e. The Hall–Kier alpha value is -3.21. The van der Waals surface area contributed by atoms with Crippen molar-refractivity contribution >= 4 is 17.2 Å². The fourth-order valence-corrected chi connectivity index (χ4v) is 2.91. The Balaban J connectivity index is 2.12. The molecule has 0 aliphatic rings. The van der Waals surface area contributed by atoms with Crippen LogP contribution < -0.4 is 16.0 Å². The molecule has 8 nitrogen and oxygen atoms in total. The molecule has 11 heteroatoms. The molecule has 3 aromatic rings. The molecule has 1 amide bonds. The van der Waals surface area contributed by atoms with Gasteiger partial charge in [-0.05, 0) is 11.6 Å². The number of carbonyl (C=O) groups excluding carboxylic acids is 1. The van der Waals surface area contributed by atoms with Crippen molar-refractivity contribution in [2.24, 2.45) is 5.73 Å². The summed E-state index contributed by atoms with van der Waals surface area (Å²) in [6, 6.07) is 3.78. The van der Waals surface area contributed by atoms with Crippen molar-refractivity contribution in [2.75, 3.05) is 21.1 Å². The van der Waals surface area contributed by atoms with E-state index in [0.29, 0.717) is 5.56 Å². The number of imidazole rings is 1. The number of alkyl halides is 3. The van der Waals surface area contributed by atoms with Crippen LogP contribution in [0.3, 0.4) is 0 Å². The Morgan fingerprint density at radius 1 is 1.25 bits per heavy atom. The highest BCUT2D eigenvalue weighted by Gasteiger charge is 2.30. The van der Waals surface area contributed by atoms with Crippen molar-refractivity contribution in [3.63, 3.8) is 0 Å². The first-order valence-corrected chi connectivity index (χ1v) is 8.17. The number of aromatic nitrogens is 4. The lowest BCUT2D eigenvalue weighted by Crippen LogP contribution is -2.53. The van der Waals surface area contributed by atoms with Gasteiger partial charge in [0.15, 0.2) is 11.2 Å².